The first-order valence-electron chi connectivity index (χ1n) is 17.1. The van der Waals surface area contributed by atoms with Gasteiger partial charge >= 0.3 is 0 Å². The summed E-state index contributed by atoms with van der Waals surface area (Å²) in [4.78, 5) is 38.5. The number of hydrogen-bond donors (Lipinski definition) is 2. The average Bonchev–Trinajstić information content (AvgIpc) is 3.08. The van der Waals surface area contributed by atoms with E-state index in [1.165, 1.54) is 18.4 Å². The van der Waals surface area contributed by atoms with E-state index in [2.05, 4.69) is 64.2 Å². The van der Waals surface area contributed by atoms with Gasteiger partial charge in [-0.05, 0) is 85.3 Å². The molecule has 1 amide bonds. The maximum absolute atomic E-state index is 13.2. The summed E-state index contributed by atoms with van der Waals surface area (Å²) in [6.45, 7) is 15.1. The summed E-state index contributed by atoms with van der Waals surface area (Å²) in [5.74, 6) is 0.461. The second kappa shape index (κ2) is 13.9. The summed E-state index contributed by atoms with van der Waals surface area (Å²) >= 11 is 0. The molecule has 48 heavy (non-hydrogen) atoms. The normalized spacial score (nSPS) is 16.6. The molecule has 6 rings (SSSR count). The third-order valence-electron chi connectivity index (χ3n) is 9.98. The minimum absolute atomic E-state index is 0.0189. The zero-order valence-corrected chi connectivity index (χ0v) is 29.2. The minimum Gasteiger partial charge on any atom is -0.370 e. The van der Waals surface area contributed by atoms with Crippen molar-refractivity contribution in [3.63, 3.8) is 0 Å². The van der Waals surface area contributed by atoms with E-state index >= 15 is 0 Å². The van der Waals surface area contributed by atoms with Crippen LogP contribution in [-0.2, 0) is 12.5 Å². The lowest BCUT2D eigenvalue weighted by molar-refractivity contribution is 0.0982. The number of carbonyl (C=O) groups excluding carboxylic acids is 1. The monoisotopic (exact) mass is 647 g/mol. The molecule has 2 fully saturated rings. The Balaban J connectivity index is 1.13. The first kappa shape index (κ1) is 33.4. The van der Waals surface area contributed by atoms with Crippen molar-refractivity contribution in [2.24, 2.45) is 7.05 Å². The molecule has 2 saturated heterocycles. The van der Waals surface area contributed by atoms with Crippen LogP contribution in [0, 0.1) is 6.92 Å². The summed E-state index contributed by atoms with van der Waals surface area (Å²) < 4.78 is 1.58. The summed E-state index contributed by atoms with van der Waals surface area (Å²) in [5.41, 5.74) is 6.65. The first-order chi connectivity index (χ1) is 23.0. The van der Waals surface area contributed by atoms with E-state index in [1.807, 2.05) is 73.9 Å². The van der Waals surface area contributed by atoms with Crippen molar-refractivity contribution in [1.82, 2.24) is 19.4 Å². The molecule has 2 aromatic heterocycles. The number of anilines is 4. The van der Waals surface area contributed by atoms with Crippen LogP contribution in [0.5, 0.6) is 0 Å². The number of piperazine rings is 1. The Labute approximate surface area is 284 Å². The van der Waals surface area contributed by atoms with E-state index in [0.717, 1.165) is 67.3 Å². The number of hydrogen-bond acceptors (Lipinski definition) is 7. The van der Waals surface area contributed by atoms with Crippen molar-refractivity contribution in [3.8, 4) is 11.1 Å². The fraction of sp³-hybridized carbons (Fsp3) is 0.410. The molecule has 2 aliphatic heterocycles. The molecule has 0 spiro atoms. The highest BCUT2D eigenvalue weighted by molar-refractivity contribution is 6.05. The van der Waals surface area contributed by atoms with E-state index in [4.69, 9.17) is 0 Å². The van der Waals surface area contributed by atoms with E-state index in [-0.39, 0.29) is 16.9 Å². The first-order valence-corrected chi connectivity index (χ1v) is 17.1. The molecule has 0 atom stereocenters. The van der Waals surface area contributed by atoms with Crippen LogP contribution in [0.4, 0.5) is 22.9 Å². The highest BCUT2D eigenvalue weighted by atomic mass is 16.1. The van der Waals surface area contributed by atoms with Crippen LogP contribution in [0.2, 0.25) is 0 Å². The standard InChI is InChI=1S/C39H49N7O2/c1-27-33(8-7-9-34(27)42-37(47)28-10-12-30(13-11-28)39(2,3)4)29-24-35(38(48)44(6)26-29)41-36-15-14-32(25-40-36)45-18-16-31(17-19-45)46-22-20-43(5)21-23-46/h7-15,24-26,31H,16-23H2,1-6H3,(H,40,41)(H,42,47). The number of nitrogens with zero attached hydrogens (tertiary/aromatic N) is 5. The van der Waals surface area contributed by atoms with Crippen molar-refractivity contribution in [3.05, 3.63) is 100 Å². The predicted molar refractivity (Wildman–Crippen MR) is 197 cm³/mol. The van der Waals surface area contributed by atoms with Gasteiger partial charge in [-0.2, -0.15) is 0 Å². The SMILES string of the molecule is Cc1c(NC(=O)c2ccc(C(C)(C)C)cc2)cccc1-c1cc(Nc2ccc(N3CCC(N4CCN(C)CC4)CC3)cn2)c(=O)n(C)c1. The van der Waals surface area contributed by atoms with Gasteiger partial charge in [0.05, 0.1) is 11.9 Å². The molecule has 0 aliphatic carbocycles. The molecule has 0 radical (unpaired) electrons. The number of aryl methyl sites for hydroxylation is 1. The second-order valence-corrected chi connectivity index (χ2v) is 14.4. The van der Waals surface area contributed by atoms with E-state index in [9.17, 15) is 9.59 Å². The quantitative estimate of drug-likeness (QED) is 0.245. The maximum Gasteiger partial charge on any atom is 0.274 e. The molecule has 9 nitrogen and oxygen atoms in total. The van der Waals surface area contributed by atoms with Gasteiger partial charge in [0.25, 0.3) is 11.5 Å². The molecule has 4 heterocycles. The zero-order chi connectivity index (χ0) is 34.0. The van der Waals surface area contributed by atoms with Crippen LogP contribution in [-0.4, -0.2) is 77.6 Å². The molecule has 2 N–H and O–H groups in total. The largest absolute Gasteiger partial charge is 0.370 e. The molecule has 4 aromatic rings. The molecular weight excluding hydrogens is 598 g/mol. The molecule has 252 valence electrons. The van der Waals surface area contributed by atoms with Gasteiger partial charge in [-0.3, -0.25) is 14.5 Å². The van der Waals surface area contributed by atoms with Crippen molar-refractivity contribution >= 4 is 28.8 Å². The van der Waals surface area contributed by atoms with Gasteiger partial charge in [0.15, 0.2) is 0 Å². The van der Waals surface area contributed by atoms with Gasteiger partial charge in [0.2, 0.25) is 0 Å². The third-order valence-corrected chi connectivity index (χ3v) is 9.98. The number of aromatic nitrogens is 2. The van der Waals surface area contributed by atoms with Gasteiger partial charge in [0, 0.05) is 75.4 Å². The van der Waals surface area contributed by atoms with Crippen LogP contribution >= 0.6 is 0 Å². The minimum atomic E-state index is -0.160. The average molecular weight is 648 g/mol. The summed E-state index contributed by atoms with van der Waals surface area (Å²) in [5, 5.41) is 6.35. The Morgan fingerprint density at radius 1 is 0.875 bits per heavy atom. The van der Waals surface area contributed by atoms with Crippen LogP contribution < -0.4 is 21.1 Å². The Kier molecular flexibility index (Phi) is 9.71. The molecule has 0 saturated carbocycles. The third kappa shape index (κ3) is 7.48. The lowest BCUT2D eigenvalue weighted by Crippen LogP contribution is -2.52. The van der Waals surface area contributed by atoms with E-state index < -0.39 is 0 Å². The molecular formula is C39H49N7O2. The Morgan fingerprint density at radius 3 is 2.23 bits per heavy atom. The fourth-order valence-corrected chi connectivity index (χ4v) is 6.81. The van der Waals surface area contributed by atoms with Gasteiger partial charge < -0.3 is 25.0 Å². The lowest BCUT2D eigenvalue weighted by atomic mass is 9.86. The predicted octanol–water partition coefficient (Wildman–Crippen LogP) is 6.27. The summed E-state index contributed by atoms with van der Waals surface area (Å²) in [6, 6.07) is 20.2. The molecule has 0 unspecified atom stereocenters. The van der Waals surface area contributed by atoms with Gasteiger partial charge in [-0.25, -0.2) is 4.98 Å². The number of carbonyl (C=O) groups is 1. The number of piperidine rings is 1. The van der Waals surface area contributed by atoms with E-state index in [0.29, 0.717) is 23.1 Å². The van der Waals surface area contributed by atoms with Crippen molar-refractivity contribution < 1.29 is 4.79 Å². The van der Waals surface area contributed by atoms with Crippen molar-refractivity contribution in [2.75, 3.05) is 61.8 Å². The van der Waals surface area contributed by atoms with Crippen LogP contribution in [0.15, 0.2) is 77.9 Å². The van der Waals surface area contributed by atoms with Crippen molar-refractivity contribution in [1.29, 1.82) is 0 Å². The Hall–Kier alpha value is -4.47. The number of nitrogens with one attached hydrogen (secondary N) is 2. The summed E-state index contributed by atoms with van der Waals surface area (Å²) in [6.07, 6.45) is 6.07. The molecule has 9 heteroatoms. The van der Waals surface area contributed by atoms with Crippen LogP contribution in [0.25, 0.3) is 11.1 Å². The molecule has 2 aromatic carbocycles. The molecule has 0 bridgehead atoms. The summed E-state index contributed by atoms with van der Waals surface area (Å²) in [7, 11) is 3.96. The number of amides is 1. The van der Waals surface area contributed by atoms with E-state index in [1.54, 1.807) is 11.6 Å². The number of rotatable bonds is 7. The van der Waals surface area contributed by atoms with Gasteiger partial charge in [-0.1, -0.05) is 45.0 Å². The Morgan fingerprint density at radius 2 is 1.58 bits per heavy atom. The highest BCUT2D eigenvalue weighted by Crippen LogP contribution is 2.31. The molecule has 2 aliphatic rings. The lowest BCUT2D eigenvalue weighted by Gasteiger charge is -2.42. The zero-order valence-electron chi connectivity index (χ0n) is 29.2. The topological polar surface area (TPSA) is 85.7 Å². The van der Waals surface area contributed by atoms with Gasteiger partial charge in [-0.15, -0.1) is 0 Å². The highest BCUT2D eigenvalue weighted by Gasteiger charge is 2.27. The smallest absolute Gasteiger partial charge is 0.274 e. The van der Waals surface area contributed by atoms with Crippen molar-refractivity contribution in [2.45, 2.75) is 52.0 Å². The number of likely N-dealkylation sites (N-methyl/N-ethyl adjacent to an activating group) is 1. The Bertz CT molecular complexity index is 1790. The van der Waals surface area contributed by atoms with Crippen LogP contribution in [0.1, 0.15) is 55.1 Å². The maximum atomic E-state index is 13.2. The number of benzene rings is 2. The van der Waals surface area contributed by atoms with Gasteiger partial charge in [0.1, 0.15) is 11.5 Å². The number of pyridine rings is 2. The fourth-order valence-electron chi connectivity index (χ4n) is 6.81. The van der Waals surface area contributed by atoms with Crippen LogP contribution in [0.3, 0.4) is 0 Å². The second-order valence-electron chi connectivity index (χ2n) is 14.4.